The topological polar surface area (TPSA) is 86.7 Å². The highest BCUT2D eigenvalue weighted by atomic mass is 35.5. The molecule has 2 saturated carbocycles. The van der Waals surface area contributed by atoms with E-state index in [0.717, 1.165) is 6.42 Å². The van der Waals surface area contributed by atoms with Gasteiger partial charge in [-0.05, 0) is 164 Å². The molecule has 2 fully saturated rings. The zero-order chi connectivity index (χ0) is 36.8. The number of sulfone groups is 2. The lowest BCUT2D eigenvalue weighted by Crippen LogP contribution is -2.33. The van der Waals surface area contributed by atoms with Crippen LogP contribution in [-0.2, 0) is 25.1 Å². The molecule has 2 atom stereocenters. The summed E-state index contributed by atoms with van der Waals surface area (Å²) < 4.78 is 64.5. The van der Waals surface area contributed by atoms with E-state index in [4.69, 9.17) is 32.7 Å². The summed E-state index contributed by atoms with van der Waals surface area (Å²) in [6.45, 7) is 0. The third-order valence-corrected chi connectivity index (χ3v) is 14.7. The van der Waals surface area contributed by atoms with Gasteiger partial charge in [0.15, 0.2) is 0 Å². The van der Waals surface area contributed by atoms with Crippen molar-refractivity contribution in [2.24, 2.45) is 11.8 Å². The Bertz CT molecular complexity index is 2300. The Balaban J connectivity index is 0.976. The molecule has 2 unspecified atom stereocenters. The summed E-state index contributed by atoms with van der Waals surface area (Å²) in [5.74, 6) is 3.60. The van der Waals surface area contributed by atoms with Crippen molar-refractivity contribution in [3.63, 3.8) is 0 Å². The molecule has 2 aliphatic carbocycles. The predicted octanol–water partition coefficient (Wildman–Crippen LogP) is 11.3. The van der Waals surface area contributed by atoms with Gasteiger partial charge in [-0.3, -0.25) is 0 Å². The lowest BCUT2D eigenvalue weighted by Gasteiger charge is -2.39. The van der Waals surface area contributed by atoms with Crippen LogP contribution in [0.2, 0.25) is 10.0 Å². The molecule has 8 rings (SSSR count). The molecule has 0 N–H and O–H groups in total. The Kier molecular flexibility index (Phi) is 9.35. The van der Waals surface area contributed by atoms with Gasteiger partial charge in [-0.1, -0.05) is 53.9 Å². The van der Waals surface area contributed by atoms with Crippen LogP contribution in [0.15, 0.2) is 165 Å². The molecule has 0 spiro atoms. The van der Waals surface area contributed by atoms with E-state index < -0.39 is 19.7 Å². The third-order valence-electron chi connectivity index (χ3n) is 10.6. The fourth-order valence-electron chi connectivity index (χ4n) is 7.99. The summed E-state index contributed by atoms with van der Waals surface area (Å²) in [5, 5.41) is 0.947. The van der Waals surface area contributed by atoms with Gasteiger partial charge in [0.25, 0.3) is 0 Å². The summed E-state index contributed by atoms with van der Waals surface area (Å²) in [5.41, 5.74) is 2.36. The van der Waals surface area contributed by atoms with Crippen LogP contribution in [0.4, 0.5) is 0 Å². The van der Waals surface area contributed by atoms with E-state index in [1.807, 2.05) is 24.3 Å². The second-order valence-corrected chi connectivity index (χ2v) is 18.4. The molecule has 0 amide bonds. The van der Waals surface area contributed by atoms with Crippen molar-refractivity contribution in [3.05, 3.63) is 167 Å². The Labute approximate surface area is 319 Å². The van der Waals surface area contributed by atoms with E-state index in [0.29, 0.717) is 44.9 Å². The van der Waals surface area contributed by atoms with Gasteiger partial charge in [0, 0.05) is 15.5 Å². The maximum absolute atomic E-state index is 13.1. The van der Waals surface area contributed by atoms with Crippen molar-refractivity contribution in [1.29, 1.82) is 0 Å². The van der Waals surface area contributed by atoms with E-state index in [2.05, 4.69) is 24.3 Å². The van der Waals surface area contributed by atoms with E-state index >= 15 is 0 Å². The number of ether oxygens (including phenoxy) is 2. The minimum absolute atomic E-state index is 0.130. The first-order valence-corrected chi connectivity index (χ1v) is 21.0. The maximum atomic E-state index is 13.1. The van der Waals surface area contributed by atoms with Crippen LogP contribution in [0.5, 0.6) is 23.0 Å². The normalized spacial score (nSPS) is 17.8. The zero-order valence-electron chi connectivity index (χ0n) is 28.4. The SMILES string of the molecule is O=S(=O)(c1ccc(Cl)cc1)c1ccc(Oc2ccc(C3(c4ccc(Oc5ccc(S(=O)(=O)c6ccc(Cl)cc6)cc5)cc4)CC4CCC3C4)cc2)cc1. The molecule has 6 nitrogen and oxygen atoms in total. The van der Waals surface area contributed by atoms with Gasteiger partial charge in [-0.2, -0.15) is 0 Å². The second kappa shape index (κ2) is 14.0. The van der Waals surface area contributed by atoms with Crippen molar-refractivity contribution < 1.29 is 26.3 Å². The molecular weight excluding hydrogens is 748 g/mol. The van der Waals surface area contributed by atoms with Gasteiger partial charge in [0.2, 0.25) is 19.7 Å². The van der Waals surface area contributed by atoms with Gasteiger partial charge in [-0.25, -0.2) is 16.8 Å². The quantitative estimate of drug-likeness (QED) is 0.138. The summed E-state index contributed by atoms with van der Waals surface area (Å²) in [7, 11) is -7.36. The van der Waals surface area contributed by atoms with Crippen molar-refractivity contribution in [2.75, 3.05) is 0 Å². The predicted molar refractivity (Wildman–Crippen MR) is 206 cm³/mol. The number of fused-ring (bicyclic) bond motifs is 2. The van der Waals surface area contributed by atoms with E-state index in [-0.39, 0.29) is 25.0 Å². The smallest absolute Gasteiger partial charge is 0.206 e. The molecule has 0 saturated heterocycles. The molecule has 53 heavy (non-hydrogen) atoms. The van der Waals surface area contributed by atoms with E-state index in [1.165, 1.54) is 54.7 Å². The van der Waals surface area contributed by atoms with Crippen molar-refractivity contribution >= 4 is 42.9 Å². The van der Waals surface area contributed by atoms with Gasteiger partial charge >= 0.3 is 0 Å². The first-order chi connectivity index (χ1) is 25.5. The van der Waals surface area contributed by atoms with Crippen LogP contribution in [0, 0.1) is 11.8 Å². The van der Waals surface area contributed by atoms with Crippen LogP contribution in [0.3, 0.4) is 0 Å². The molecule has 0 radical (unpaired) electrons. The molecule has 2 bridgehead atoms. The maximum Gasteiger partial charge on any atom is 0.206 e. The van der Waals surface area contributed by atoms with Crippen LogP contribution < -0.4 is 9.47 Å². The highest BCUT2D eigenvalue weighted by Crippen LogP contribution is 2.60. The Morgan fingerprint density at radius 2 is 0.774 bits per heavy atom. The molecular formula is C43H34Cl2O6S2. The van der Waals surface area contributed by atoms with E-state index in [1.54, 1.807) is 72.8 Å². The van der Waals surface area contributed by atoms with Crippen LogP contribution in [0.1, 0.15) is 36.8 Å². The van der Waals surface area contributed by atoms with Gasteiger partial charge < -0.3 is 9.47 Å². The fraction of sp³-hybridized carbons (Fsp3) is 0.163. The highest BCUT2D eigenvalue weighted by molar-refractivity contribution is 7.91. The first-order valence-electron chi connectivity index (χ1n) is 17.3. The Morgan fingerprint density at radius 1 is 0.453 bits per heavy atom. The summed E-state index contributed by atoms with van der Waals surface area (Å²) in [4.78, 5) is 0.712. The average molecular weight is 782 g/mol. The second-order valence-electron chi connectivity index (χ2n) is 13.7. The summed E-state index contributed by atoms with van der Waals surface area (Å²) in [6, 6.07) is 41.6. The standard InChI is InChI=1S/C43H34Cl2O6S2/c44-33-7-19-39(20-8-33)52(46,47)41-23-15-37(16-24-41)50-35-11-3-30(4-12-35)43(28-29-1-2-32(43)27-29)31-5-13-36(14-6-31)51-38-17-25-42(26-18-38)53(48,49)40-21-9-34(45)10-22-40/h3-26,29,32H,1-2,27-28H2. The Morgan fingerprint density at radius 3 is 1.08 bits per heavy atom. The number of benzene rings is 6. The van der Waals surface area contributed by atoms with Crippen LogP contribution in [-0.4, -0.2) is 16.8 Å². The van der Waals surface area contributed by atoms with E-state index in [9.17, 15) is 16.8 Å². The molecule has 6 aromatic rings. The van der Waals surface area contributed by atoms with Crippen molar-refractivity contribution in [3.8, 4) is 23.0 Å². The zero-order valence-corrected chi connectivity index (χ0v) is 31.5. The van der Waals surface area contributed by atoms with Crippen molar-refractivity contribution in [2.45, 2.75) is 50.7 Å². The Hall–Kier alpha value is -4.60. The number of rotatable bonds is 10. The van der Waals surface area contributed by atoms with Gasteiger partial charge in [0.05, 0.1) is 19.6 Å². The molecule has 0 aromatic heterocycles. The third kappa shape index (κ3) is 6.85. The van der Waals surface area contributed by atoms with Crippen molar-refractivity contribution in [1.82, 2.24) is 0 Å². The van der Waals surface area contributed by atoms with Gasteiger partial charge in [0.1, 0.15) is 23.0 Å². The summed E-state index contributed by atoms with van der Waals surface area (Å²) >= 11 is 11.9. The molecule has 10 heteroatoms. The number of hydrogen-bond acceptors (Lipinski definition) is 6. The molecule has 6 aromatic carbocycles. The minimum atomic E-state index is -3.68. The fourth-order valence-corrected chi connectivity index (χ4v) is 10.8. The summed E-state index contributed by atoms with van der Waals surface area (Å²) in [6.07, 6.45) is 4.71. The largest absolute Gasteiger partial charge is 0.457 e. The molecule has 0 heterocycles. The molecule has 2 aliphatic rings. The average Bonchev–Trinajstić information content (AvgIpc) is 3.79. The van der Waals surface area contributed by atoms with Gasteiger partial charge in [-0.15, -0.1) is 0 Å². The molecule has 268 valence electrons. The molecule has 0 aliphatic heterocycles. The van der Waals surface area contributed by atoms with Crippen LogP contribution >= 0.6 is 23.2 Å². The van der Waals surface area contributed by atoms with Crippen LogP contribution in [0.25, 0.3) is 0 Å². The highest BCUT2D eigenvalue weighted by Gasteiger charge is 2.52. The first kappa shape index (κ1) is 35.4. The lowest BCUT2D eigenvalue weighted by atomic mass is 9.64. The number of hydrogen-bond donors (Lipinski definition) is 0. The minimum Gasteiger partial charge on any atom is -0.457 e. The lowest BCUT2D eigenvalue weighted by molar-refractivity contribution is 0.319. The number of halogens is 2. The monoisotopic (exact) mass is 780 g/mol.